The first-order valence-corrected chi connectivity index (χ1v) is 8.37. The summed E-state index contributed by atoms with van der Waals surface area (Å²) >= 11 is 0. The highest BCUT2D eigenvalue weighted by atomic mass is 32.2. The Morgan fingerprint density at radius 2 is 1.86 bits per heavy atom. The Kier molecular flexibility index (Phi) is 5.55. The summed E-state index contributed by atoms with van der Waals surface area (Å²) < 4.78 is 31.9. The van der Waals surface area contributed by atoms with Crippen LogP contribution in [0.1, 0.15) is 17.7 Å². The molecular formula is C15H20N2O3S. The van der Waals surface area contributed by atoms with Crippen molar-refractivity contribution < 1.29 is 12.8 Å². The van der Waals surface area contributed by atoms with E-state index < -0.39 is 10.0 Å². The third-order valence-electron chi connectivity index (χ3n) is 3.03. The molecule has 1 aromatic carbocycles. The summed E-state index contributed by atoms with van der Waals surface area (Å²) in [5.74, 6) is 0.599. The highest BCUT2D eigenvalue weighted by molar-refractivity contribution is 7.89. The molecule has 1 aromatic heterocycles. The fraction of sp³-hybridized carbons (Fsp3) is 0.333. The molecule has 0 aliphatic rings. The minimum atomic E-state index is -3.56. The van der Waals surface area contributed by atoms with Gasteiger partial charge >= 0.3 is 0 Å². The van der Waals surface area contributed by atoms with Gasteiger partial charge in [-0.05, 0) is 37.6 Å². The minimum absolute atomic E-state index is 0.0348. The molecule has 0 saturated carbocycles. The Bertz CT molecular complexity index is 651. The second-order valence-electron chi connectivity index (χ2n) is 4.74. The Labute approximate surface area is 125 Å². The van der Waals surface area contributed by atoms with Crippen molar-refractivity contribution >= 4 is 10.0 Å². The molecule has 0 unspecified atom stereocenters. The van der Waals surface area contributed by atoms with Crippen LogP contribution in [0.3, 0.4) is 0 Å². The summed E-state index contributed by atoms with van der Waals surface area (Å²) in [5.41, 5.74) is 1.20. The van der Waals surface area contributed by atoms with Crippen LogP contribution in [0, 0.1) is 0 Å². The first kappa shape index (κ1) is 15.8. The smallest absolute Gasteiger partial charge is 0.273 e. The van der Waals surface area contributed by atoms with Crippen LogP contribution in [0.25, 0.3) is 0 Å². The molecule has 0 fully saturated rings. The average Bonchev–Trinajstić information content (AvgIpc) is 2.95. The van der Waals surface area contributed by atoms with Crippen LogP contribution < -0.4 is 10.0 Å². The third-order valence-corrected chi connectivity index (χ3v) is 4.36. The van der Waals surface area contributed by atoms with E-state index in [1.54, 1.807) is 13.1 Å². The van der Waals surface area contributed by atoms with Crippen LogP contribution in [-0.2, 0) is 23.0 Å². The van der Waals surface area contributed by atoms with Gasteiger partial charge in [-0.3, -0.25) is 0 Å². The lowest BCUT2D eigenvalue weighted by atomic mass is 10.1. The van der Waals surface area contributed by atoms with Crippen molar-refractivity contribution in [3.8, 4) is 0 Å². The molecular weight excluding hydrogens is 288 g/mol. The number of furan rings is 1. The Morgan fingerprint density at radius 3 is 2.57 bits per heavy atom. The molecule has 114 valence electrons. The molecule has 21 heavy (non-hydrogen) atoms. The summed E-state index contributed by atoms with van der Waals surface area (Å²) in [6.07, 6.45) is 1.58. The summed E-state index contributed by atoms with van der Waals surface area (Å²) in [6.45, 7) is 0.892. The second-order valence-corrected chi connectivity index (χ2v) is 6.44. The Hall–Kier alpha value is -1.63. The van der Waals surface area contributed by atoms with Gasteiger partial charge in [0.1, 0.15) is 5.76 Å². The lowest BCUT2D eigenvalue weighted by molar-refractivity contribution is 0.404. The molecule has 0 saturated heterocycles. The summed E-state index contributed by atoms with van der Waals surface area (Å²) in [7, 11) is -1.78. The van der Waals surface area contributed by atoms with Crippen molar-refractivity contribution in [1.29, 1.82) is 0 Å². The predicted octanol–water partition coefficient (Wildman–Crippen LogP) is 1.91. The fourth-order valence-corrected chi connectivity index (χ4v) is 3.01. The van der Waals surface area contributed by atoms with Crippen LogP contribution in [0.4, 0.5) is 0 Å². The van der Waals surface area contributed by atoms with Crippen molar-refractivity contribution in [2.24, 2.45) is 0 Å². The van der Waals surface area contributed by atoms with Gasteiger partial charge in [-0.15, -0.1) is 0 Å². The molecule has 0 atom stereocenters. The van der Waals surface area contributed by atoms with E-state index in [-0.39, 0.29) is 5.09 Å². The van der Waals surface area contributed by atoms with Gasteiger partial charge < -0.3 is 9.73 Å². The summed E-state index contributed by atoms with van der Waals surface area (Å²) in [6, 6.07) is 13.1. The highest BCUT2D eigenvalue weighted by Gasteiger charge is 2.17. The quantitative estimate of drug-likeness (QED) is 0.731. The lowest BCUT2D eigenvalue weighted by Crippen LogP contribution is -2.24. The molecule has 2 rings (SSSR count). The van der Waals surface area contributed by atoms with E-state index in [4.69, 9.17) is 4.42 Å². The van der Waals surface area contributed by atoms with E-state index in [2.05, 4.69) is 10.0 Å². The van der Waals surface area contributed by atoms with Crippen LogP contribution in [-0.4, -0.2) is 22.0 Å². The zero-order valence-corrected chi connectivity index (χ0v) is 12.8. The molecule has 0 spiro atoms. The van der Waals surface area contributed by atoms with E-state index in [0.717, 1.165) is 12.8 Å². The monoisotopic (exact) mass is 308 g/mol. The minimum Gasteiger partial charge on any atom is -0.447 e. The first-order chi connectivity index (χ1) is 10.1. The van der Waals surface area contributed by atoms with Crippen LogP contribution in [0.15, 0.2) is 52.0 Å². The number of benzene rings is 1. The molecule has 0 aliphatic carbocycles. The molecule has 1 heterocycles. The molecule has 2 N–H and O–H groups in total. The van der Waals surface area contributed by atoms with E-state index in [1.165, 1.54) is 11.6 Å². The molecule has 0 aliphatic heterocycles. The standard InChI is InChI=1S/C15H20N2O3S/c1-16-12-14-9-10-15(20-14)21(18,19)17-11-5-8-13-6-3-2-4-7-13/h2-4,6-7,9-10,16-17H,5,8,11-12H2,1H3. The van der Waals surface area contributed by atoms with Gasteiger partial charge in [-0.25, -0.2) is 13.1 Å². The average molecular weight is 308 g/mol. The normalized spacial score (nSPS) is 11.7. The maximum absolute atomic E-state index is 12.0. The number of nitrogens with one attached hydrogen (secondary N) is 2. The Balaban J connectivity index is 1.83. The number of aryl methyl sites for hydroxylation is 1. The second kappa shape index (κ2) is 7.40. The van der Waals surface area contributed by atoms with Crippen molar-refractivity contribution in [1.82, 2.24) is 10.0 Å². The number of hydrogen-bond donors (Lipinski definition) is 2. The van der Waals surface area contributed by atoms with Crippen molar-refractivity contribution in [3.63, 3.8) is 0 Å². The molecule has 0 bridgehead atoms. The van der Waals surface area contributed by atoms with Crippen molar-refractivity contribution in [2.75, 3.05) is 13.6 Å². The predicted molar refractivity (Wildman–Crippen MR) is 81.4 cm³/mol. The largest absolute Gasteiger partial charge is 0.447 e. The van der Waals surface area contributed by atoms with E-state index >= 15 is 0 Å². The number of hydrogen-bond acceptors (Lipinski definition) is 4. The van der Waals surface area contributed by atoms with Crippen LogP contribution in [0.2, 0.25) is 0 Å². The maximum atomic E-state index is 12.0. The van der Waals surface area contributed by atoms with Gasteiger partial charge in [0, 0.05) is 6.54 Å². The first-order valence-electron chi connectivity index (χ1n) is 6.89. The van der Waals surface area contributed by atoms with Crippen molar-refractivity contribution in [2.45, 2.75) is 24.5 Å². The fourth-order valence-electron chi connectivity index (χ4n) is 1.99. The topological polar surface area (TPSA) is 71.3 Å². The summed E-state index contributed by atoms with van der Waals surface area (Å²) in [4.78, 5) is 0. The van der Waals surface area contributed by atoms with E-state index in [0.29, 0.717) is 18.8 Å². The van der Waals surface area contributed by atoms with Crippen molar-refractivity contribution in [3.05, 3.63) is 53.8 Å². The lowest BCUT2D eigenvalue weighted by Gasteiger charge is -2.04. The molecule has 0 amide bonds. The SMILES string of the molecule is CNCc1ccc(S(=O)(=O)NCCCc2ccccc2)o1. The zero-order valence-electron chi connectivity index (χ0n) is 12.0. The van der Waals surface area contributed by atoms with Gasteiger partial charge in [0.25, 0.3) is 10.0 Å². The van der Waals surface area contributed by atoms with Gasteiger partial charge in [0.15, 0.2) is 0 Å². The van der Waals surface area contributed by atoms with Gasteiger partial charge in [-0.2, -0.15) is 0 Å². The van der Waals surface area contributed by atoms with E-state index in [9.17, 15) is 8.42 Å². The number of sulfonamides is 1. The Morgan fingerprint density at radius 1 is 1.10 bits per heavy atom. The highest BCUT2D eigenvalue weighted by Crippen LogP contribution is 2.13. The van der Waals surface area contributed by atoms with Crippen LogP contribution in [0.5, 0.6) is 0 Å². The maximum Gasteiger partial charge on any atom is 0.273 e. The van der Waals surface area contributed by atoms with Gasteiger partial charge in [0.05, 0.1) is 6.54 Å². The molecule has 6 heteroatoms. The molecule has 5 nitrogen and oxygen atoms in total. The van der Waals surface area contributed by atoms with Gasteiger partial charge in [-0.1, -0.05) is 30.3 Å². The third kappa shape index (κ3) is 4.70. The van der Waals surface area contributed by atoms with Gasteiger partial charge in [0.2, 0.25) is 5.09 Å². The summed E-state index contributed by atoms with van der Waals surface area (Å²) in [5, 5.41) is 2.88. The van der Waals surface area contributed by atoms with E-state index in [1.807, 2.05) is 30.3 Å². The number of rotatable bonds is 8. The molecule has 0 radical (unpaired) electrons. The molecule has 2 aromatic rings. The zero-order chi connectivity index (χ0) is 15.1. The van der Waals surface area contributed by atoms with Crippen LogP contribution >= 0.6 is 0 Å².